The summed E-state index contributed by atoms with van der Waals surface area (Å²) in [6.07, 6.45) is 0.920. The zero-order valence-corrected chi connectivity index (χ0v) is 13.9. The van der Waals surface area contributed by atoms with E-state index in [1.54, 1.807) is 7.11 Å². The molecule has 0 aromatic heterocycles. The van der Waals surface area contributed by atoms with Crippen LogP contribution in [0.3, 0.4) is 0 Å². The molecule has 1 saturated heterocycles. The van der Waals surface area contributed by atoms with E-state index in [1.165, 1.54) is 5.56 Å². The maximum atomic E-state index is 12.5. The lowest BCUT2D eigenvalue weighted by Crippen LogP contribution is -2.54. The Balaban J connectivity index is 1.58. The topological polar surface area (TPSA) is 53.6 Å². The van der Waals surface area contributed by atoms with Crippen LogP contribution in [-0.4, -0.2) is 43.7 Å². The van der Waals surface area contributed by atoms with Gasteiger partial charge < -0.3 is 20.3 Å². The third kappa shape index (κ3) is 4.26. The minimum Gasteiger partial charge on any atom is -0.497 e. The number of rotatable bonds is 4. The summed E-state index contributed by atoms with van der Waals surface area (Å²) in [5.41, 5.74) is 2.03. The number of hydrogen-bond acceptors (Lipinski definition) is 3. The molecule has 1 atom stereocenters. The number of methoxy groups -OCH3 is 1. The first-order valence-electron chi connectivity index (χ1n) is 8.22. The van der Waals surface area contributed by atoms with Crippen LogP contribution in [0.5, 0.6) is 5.75 Å². The zero-order chi connectivity index (χ0) is 16.8. The number of nitrogens with one attached hydrogen (secondary N) is 2. The van der Waals surface area contributed by atoms with Gasteiger partial charge in [0.25, 0.3) is 0 Å². The van der Waals surface area contributed by atoms with Gasteiger partial charge in [-0.1, -0.05) is 36.4 Å². The molecular formula is C19H23N3O2. The SMILES string of the molecule is COc1cccc(NC(=O)N2CCNC(Cc3ccccc3)C2)c1. The molecule has 0 spiro atoms. The van der Waals surface area contributed by atoms with E-state index in [0.29, 0.717) is 13.1 Å². The highest BCUT2D eigenvalue weighted by molar-refractivity contribution is 5.89. The molecule has 0 radical (unpaired) electrons. The van der Waals surface area contributed by atoms with Crippen LogP contribution in [0.25, 0.3) is 0 Å². The summed E-state index contributed by atoms with van der Waals surface area (Å²) in [7, 11) is 1.62. The highest BCUT2D eigenvalue weighted by Crippen LogP contribution is 2.17. The monoisotopic (exact) mass is 325 g/mol. The van der Waals surface area contributed by atoms with E-state index >= 15 is 0 Å². The molecule has 0 aliphatic carbocycles. The van der Waals surface area contributed by atoms with Gasteiger partial charge in [0, 0.05) is 37.4 Å². The second kappa shape index (κ2) is 7.84. The number of piperazine rings is 1. The molecule has 2 aromatic carbocycles. The van der Waals surface area contributed by atoms with E-state index in [4.69, 9.17) is 4.74 Å². The Hall–Kier alpha value is -2.53. The predicted octanol–water partition coefficient (Wildman–Crippen LogP) is 2.74. The van der Waals surface area contributed by atoms with Gasteiger partial charge in [0.15, 0.2) is 0 Å². The molecule has 126 valence electrons. The Labute approximate surface area is 142 Å². The Morgan fingerprint density at radius 2 is 2.08 bits per heavy atom. The van der Waals surface area contributed by atoms with E-state index in [9.17, 15) is 4.79 Å². The molecule has 1 unspecified atom stereocenters. The van der Waals surface area contributed by atoms with Crippen molar-refractivity contribution in [1.29, 1.82) is 0 Å². The van der Waals surface area contributed by atoms with E-state index in [-0.39, 0.29) is 12.1 Å². The van der Waals surface area contributed by atoms with Crippen molar-refractivity contribution in [3.05, 3.63) is 60.2 Å². The molecule has 0 saturated carbocycles. The van der Waals surface area contributed by atoms with Crippen LogP contribution in [0, 0.1) is 0 Å². The highest BCUT2D eigenvalue weighted by atomic mass is 16.5. The van der Waals surface area contributed by atoms with Crippen molar-refractivity contribution in [1.82, 2.24) is 10.2 Å². The molecule has 5 nitrogen and oxygen atoms in total. The first-order chi connectivity index (χ1) is 11.7. The molecule has 2 amide bonds. The van der Waals surface area contributed by atoms with Crippen molar-refractivity contribution < 1.29 is 9.53 Å². The first kappa shape index (κ1) is 16.3. The number of hydrogen-bond donors (Lipinski definition) is 2. The Morgan fingerprint density at radius 1 is 1.25 bits per heavy atom. The molecule has 3 rings (SSSR count). The lowest BCUT2D eigenvalue weighted by Gasteiger charge is -2.33. The quantitative estimate of drug-likeness (QED) is 0.909. The fourth-order valence-corrected chi connectivity index (χ4v) is 2.95. The van der Waals surface area contributed by atoms with Crippen LogP contribution in [0.2, 0.25) is 0 Å². The van der Waals surface area contributed by atoms with Crippen LogP contribution < -0.4 is 15.4 Å². The molecule has 1 heterocycles. The van der Waals surface area contributed by atoms with Crippen molar-refractivity contribution in [2.75, 3.05) is 32.1 Å². The van der Waals surface area contributed by atoms with Crippen LogP contribution in [0.1, 0.15) is 5.56 Å². The maximum Gasteiger partial charge on any atom is 0.321 e. The van der Waals surface area contributed by atoms with Crippen molar-refractivity contribution in [3.63, 3.8) is 0 Å². The molecule has 2 aromatic rings. The molecule has 2 N–H and O–H groups in total. The second-order valence-corrected chi connectivity index (χ2v) is 5.95. The number of ether oxygens (including phenoxy) is 1. The van der Waals surface area contributed by atoms with E-state index in [1.807, 2.05) is 47.4 Å². The molecule has 0 bridgehead atoms. The van der Waals surface area contributed by atoms with Crippen LogP contribution in [0.4, 0.5) is 10.5 Å². The molecule has 1 aliphatic heterocycles. The summed E-state index contributed by atoms with van der Waals surface area (Å²) in [5, 5.41) is 6.44. The molecule has 1 fully saturated rings. The Morgan fingerprint density at radius 3 is 2.88 bits per heavy atom. The van der Waals surface area contributed by atoms with Crippen LogP contribution >= 0.6 is 0 Å². The zero-order valence-electron chi connectivity index (χ0n) is 13.9. The number of carbonyl (C=O) groups excluding carboxylic acids is 1. The number of urea groups is 1. The summed E-state index contributed by atoms with van der Waals surface area (Å²) in [6.45, 7) is 2.22. The summed E-state index contributed by atoms with van der Waals surface area (Å²) in [5.74, 6) is 0.732. The molecule has 5 heteroatoms. The standard InChI is InChI=1S/C19H23N3O2/c1-24-18-9-5-8-16(13-18)21-19(23)22-11-10-20-17(14-22)12-15-6-3-2-4-7-15/h2-9,13,17,20H,10-12,14H2,1H3,(H,21,23). The van der Waals surface area contributed by atoms with E-state index in [0.717, 1.165) is 24.4 Å². The lowest BCUT2D eigenvalue weighted by molar-refractivity contribution is 0.189. The largest absolute Gasteiger partial charge is 0.497 e. The van der Waals surface area contributed by atoms with Gasteiger partial charge in [-0.2, -0.15) is 0 Å². The molecule has 24 heavy (non-hydrogen) atoms. The van der Waals surface area contributed by atoms with Gasteiger partial charge in [0.2, 0.25) is 0 Å². The normalized spacial score (nSPS) is 17.4. The van der Waals surface area contributed by atoms with Gasteiger partial charge in [-0.15, -0.1) is 0 Å². The highest BCUT2D eigenvalue weighted by Gasteiger charge is 2.23. The van der Waals surface area contributed by atoms with Crippen LogP contribution in [-0.2, 0) is 6.42 Å². The van der Waals surface area contributed by atoms with Gasteiger partial charge in [-0.05, 0) is 24.1 Å². The average molecular weight is 325 g/mol. The first-order valence-corrected chi connectivity index (χ1v) is 8.22. The lowest BCUT2D eigenvalue weighted by atomic mass is 10.0. The van der Waals surface area contributed by atoms with Crippen molar-refractivity contribution >= 4 is 11.7 Å². The predicted molar refractivity (Wildman–Crippen MR) is 95.5 cm³/mol. The average Bonchev–Trinajstić information content (AvgIpc) is 2.63. The van der Waals surface area contributed by atoms with E-state index in [2.05, 4.69) is 22.8 Å². The van der Waals surface area contributed by atoms with Crippen LogP contribution in [0.15, 0.2) is 54.6 Å². The van der Waals surface area contributed by atoms with Gasteiger partial charge >= 0.3 is 6.03 Å². The van der Waals surface area contributed by atoms with Gasteiger partial charge in [0.05, 0.1) is 7.11 Å². The minimum absolute atomic E-state index is 0.0668. The fraction of sp³-hybridized carbons (Fsp3) is 0.316. The summed E-state index contributed by atoms with van der Waals surface area (Å²) >= 11 is 0. The van der Waals surface area contributed by atoms with Crippen molar-refractivity contribution in [2.45, 2.75) is 12.5 Å². The number of nitrogens with zero attached hydrogens (tertiary/aromatic N) is 1. The third-order valence-electron chi connectivity index (χ3n) is 4.19. The second-order valence-electron chi connectivity index (χ2n) is 5.95. The van der Waals surface area contributed by atoms with Crippen molar-refractivity contribution in [2.24, 2.45) is 0 Å². The van der Waals surface area contributed by atoms with Gasteiger partial charge in [-0.3, -0.25) is 0 Å². The smallest absolute Gasteiger partial charge is 0.321 e. The summed E-state index contributed by atoms with van der Waals surface area (Å²) < 4.78 is 5.19. The van der Waals surface area contributed by atoms with Crippen molar-refractivity contribution in [3.8, 4) is 5.75 Å². The Kier molecular flexibility index (Phi) is 5.33. The number of anilines is 1. The minimum atomic E-state index is -0.0668. The number of carbonyl (C=O) groups is 1. The Bertz CT molecular complexity index is 675. The summed E-state index contributed by atoms with van der Waals surface area (Å²) in [4.78, 5) is 14.4. The molecular weight excluding hydrogens is 302 g/mol. The molecule has 1 aliphatic rings. The van der Waals surface area contributed by atoms with E-state index < -0.39 is 0 Å². The fourth-order valence-electron chi connectivity index (χ4n) is 2.95. The van der Waals surface area contributed by atoms with Gasteiger partial charge in [0.1, 0.15) is 5.75 Å². The number of amides is 2. The summed E-state index contributed by atoms with van der Waals surface area (Å²) in [6, 6.07) is 18.0. The van der Waals surface area contributed by atoms with Gasteiger partial charge in [-0.25, -0.2) is 4.79 Å². The maximum absolute atomic E-state index is 12.5. The number of benzene rings is 2. The third-order valence-corrected chi connectivity index (χ3v) is 4.19.